The minimum absolute atomic E-state index is 0.0284. The predicted octanol–water partition coefficient (Wildman–Crippen LogP) is 5.34. The molecule has 168 valence electrons. The molecule has 0 aliphatic heterocycles. The highest BCUT2D eigenvalue weighted by molar-refractivity contribution is 7.92. The van der Waals surface area contributed by atoms with Crippen LogP contribution in [0.1, 0.15) is 41.4 Å². The number of sulfonamides is 1. The summed E-state index contributed by atoms with van der Waals surface area (Å²) in [5.41, 5.74) is 2.50. The van der Waals surface area contributed by atoms with Crippen molar-refractivity contribution in [2.24, 2.45) is 0 Å². The van der Waals surface area contributed by atoms with Crippen LogP contribution in [0.4, 0.5) is 5.69 Å². The topological polar surface area (TPSA) is 84.5 Å². The van der Waals surface area contributed by atoms with Gasteiger partial charge in [0.25, 0.3) is 15.9 Å². The van der Waals surface area contributed by atoms with Crippen LogP contribution < -0.4 is 14.8 Å². The van der Waals surface area contributed by atoms with Crippen molar-refractivity contribution >= 4 is 33.2 Å². The van der Waals surface area contributed by atoms with Crippen molar-refractivity contribution in [1.82, 2.24) is 5.32 Å². The van der Waals surface area contributed by atoms with E-state index in [4.69, 9.17) is 16.3 Å². The molecule has 2 N–H and O–H groups in total. The van der Waals surface area contributed by atoms with E-state index in [2.05, 4.69) is 10.0 Å². The van der Waals surface area contributed by atoms with Gasteiger partial charge < -0.3 is 10.1 Å². The molecule has 3 aromatic carbocycles. The fourth-order valence-corrected chi connectivity index (χ4v) is 4.65. The largest absolute Gasteiger partial charge is 0.494 e. The van der Waals surface area contributed by atoms with Crippen LogP contribution in [0, 0.1) is 6.92 Å². The van der Waals surface area contributed by atoms with Gasteiger partial charge in [0, 0.05) is 11.3 Å². The van der Waals surface area contributed by atoms with Crippen molar-refractivity contribution in [1.29, 1.82) is 0 Å². The second kappa shape index (κ2) is 10.1. The van der Waals surface area contributed by atoms with Crippen LogP contribution in [0.5, 0.6) is 5.75 Å². The third-order valence-electron chi connectivity index (χ3n) is 4.83. The van der Waals surface area contributed by atoms with Crippen LogP contribution in [0.15, 0.2) is 71.6 Å². The number of amides is 1. The summed E-state index contributed by atoms with van der Waals surface area (Å²) in [5.74, 6) is 0.346. The Kier molecular flexibility index (Phi) is 7.43. The van der Waals surface area contributed by atoms with Gasteiger partial charge in [0.1, 0.15) is 10.6 Å². The van der Waals surface area contributed by atoms with Crippen molar-refractivity contribution in [3.63, 3.8) is 0 Å². The first-order valence-corrected chi connectivity index (χ1v) is 12.0. The van der Waals surface area contributed by atoms with E-state index >= 15 is 0 Å². The number of anilines is 1. The number of ether oxygens (including phenoxy) is 1. The Bertz CT molecular complexity index is 1190. The van der Waals surface area contributed by atoms with Gasteiger partial charge in [-0.25, -0.2) is 8.42 Å². The van der Waals surface area contributed by atoms with E-state index in [1.807, 2.05) is 45.0 Å². The highest BCUT2D eigenvalue weighted by Crippen LogP contribution is 2.26. The molecule has 1 atom stereocenters. The third kappa shape index (κ3) is 5.81. The number of hydrogen-bond donors (Lipinski definition) is 2. The standard InChI is InChI=1S/C24H25ClN2O4S/c1-4-31-21-12-7-18(8-13-21)17(3)26-24(28)19-9-14-22(25)23(15-19)32(29,30)27-20-10-5-16(2)6-11-20/h5-15,17,27H,4H2,1-3H3,(H,26,28)/t17-/m0/s1. The summed E-state index contributed by atoms with van der Waals surface area (Å²) < 4.78 is 33.7. The minimum Gasteiger partial charge on any atom is -0.494 e. The number of aryl methyl sites for hydroxylation is 1. The van der Waals surface area contributed by atoms with Gasteiger partial charge >= 0.3 is 0 Å². The summed E-state index contributed by atoms with van der Waals surface area (Å²) >= 11 is 6.16. The minimum atomic E-state index is -3.98. The average Bonchev–Trinajstić information content (AvgIpc) is 2.76. The quantitative estimate of drug-likeness (QED) is 0.463. The van der Waals surface area contributed by atoms with Crippen molar-refractivity contribution in [3.05, 3.63) is 88.4 Å². The maximum atomic E-state index is 12.9. The lowest BCUT2D eigenvalue weighted by molar-refractivity contribution is 0.0939. The highest BCUT2D eigenvalue weighted by atomic mass is 35.5. The first-order valence-electron chi connectivity index (χ1n) is 10.1. The second-order valence-corrected chi connectivity index (χ2v) is 9.37. The van der Waals surface area contributed by atoms with E-state index in [1.54, 1.807) is 24.3 Å². The lowest BCUT2D eigenvalue weighted by Crippen LogP contribution is -2.27. The molecule has 1 amide bonds. The molecular formula is C24H25ClN2O4S. The number of nitrogens with one attached hydrogen (secondary N) is 2. The molecule has 0 fully saturated rings. The van der Waals surface area contributed by atoms with Gasteiger partial charge in [-0.15, -0.1) is 0 Å². The Hall–Kier alpha value is -3.03. The summed E-state index contributed by atoms with van der Waals surface area (Å²) in [6.45, 7) is 6.24. The molecule has 3 aromatic rings. The molecule has 0 heterocycles. The lowest BCUT2D eigenvalue weighted by Gasteiger charge is -2.16. The summed E-state index contributed by atoms with van der Waals surface area (Å²) in [5, 5.41) is 2.91. The first kappa shape index (κ1) is 23.6. The summed E-state index contributed by atoms with van der Waals surface area (Å²) in [6.07, 6.45) is 0. The number of carbonyl (C=O) groups excluding carboxylic acids is 1. The van der Waals surface area contributed by atoms with E-state index in [0.717, 1.165) is 16.9 Å². The van der Waals surface area contributed by atoms with E-state index in [9.17, 15) is 13.2 Å². The first-order chi connectivity index (χ1) is 15.2. The lowest BCUT2D eigenvalue weighted by atomic mass is 10.1. The smallest absolute Gasteiger partial charge is 0.263 e. The molecule has 8 heteroatoms. The highest BCUT2D eigenvalue weighted by Gasteiger charge is 2.21. The Morgan fingerprint density at radius 3 is 2.31 bits per heavy atom. The van der Waals surface area contributed by atoms with E-state index in [-0.39, 0.29) is 21.5 Å². The molecule has 0 aromatic heterocycles. The van der Waals surface area contributed by atoms with Crippen molar-refractivity contribution in [3.8, 4) is 5.75 Å². The number of rotatable bonds is 8. The zero-order valence-corrected chi connectivity index (χ0v) is 19.6. The van der Waals surface area contributed by atoms with Crippen LogP contribution >= 0.6 is 11.6 Å². The number of carbonyl (C=O) groups is 1. The average molecular weight is 473 g/mol. The monoisotopic (exact) mass is 472 g/mol. The molecule has 0 unspecified atom stereocenters. The van der Waals surface area contributed by atoms with Crippen molar-refractivity contribution in [2.75, 3.05) is 11.3 Å². The Morgan fingerprint density at radius 1 is 1.03 bits per heavy atom. The maximum Gasteiger partial charge on any atom is 0.263 e. The van der Waals surface area contributed by atoms with Gasteiger partial charge in [0.05, 0.1) is 17.7 Å². The molecule has 0 radical (unpaired) electrons. The number of halogens is 1. The summed E-state index contributed by atoms with van der Waals surface area (Å²) in [4.78, 5) is 12.6. The van der Waals surface area contributed by atoms with Crippen LogP contribution in [0.2, 0.25) is 5.02 Å². The predicted molar refractivity (Wildman–Crippen MR) is 127 cm³/mol. The number of benzene rings is 3. The molecule has 0 aliphatic rings. The summed E-state index contributed by atoms with van der Waals surface area (Å²) in [6, 6.07) is 18.2. The van der Waals surface area contributed by atoms with Crippen molar-refractivity contribution in [2.45, 2.75) is 31.7 Å². The van der Waals surface area contributed by atoms with Gasteiger partial charge in [-0.2, -0.15) is 0 Å². The Morgan fingerprint density at radius 2 is 1.69 bits per heavy atom. The third-order valence-corrected chi connectivity index (χ3v) is 6.69. The molecular weight excluding hydrogens is 448 g/mol. The molecule has 0 spiro atoms. The zero-order chi connectivity index (χ0) is 23.3. The molecule has 0 bridgehead atoms. The second-order valence-electron chi connectivity index (χ2n) is 7.31. The summed E-state index contributed by atoms with van der Waals surface area (Å²) in [7, 11) is -3.98. The van der Waals surface area contributed by atoms with Crippen LogP contribution in [0.25, 0.3) is 0 Å². The van der Waals surface area contributed by atoms with E-state index in [1.165, 1.54) is 18.2 Å². The van der Waals surface area contributed by atoms with E-state index in [0.29, 0.717) is 12.3 Å². The van der Waals surface area contributed by atoms with Gasteiger partial charge in [-0.3, -0.25) is 9.52 Å². The molecule has 0 saturated heterocycles. The SMILES string of the molecule is CCOc1ccc([C@H](C)NC(=O)c2ccc(Cl)c(S(=O)(=O)Nc3ccc(C)cc3)c2)cc1. The zero-order valence-electron chi connectivity index (χ0n) is 18.1. The molecule has 6 nitrogen and oxygen atoms in total. The van der Waals surface area contributed by atoms with Gasteiger partial charge in [-0.05, 0) is 68.8 Å². The van der Waals surface area contributed by atoms with Gasteiger partial charge in [0.15, 0.2) is 0 Å². The van der Waals surface area contributed by atoms with Gasteiger partial charge in [-0.1, -0.05) is 41.4 Å². The van der Waals surface area contributed by atoms with Crippen LogP contribution in [-0.2, 0) is 10.0 Å². The maximum absolute atomic E-state index is 12.9. The molecule has 0 aliphatic carbocycles. The molecule has 3 rings (SSSR count). The van der Waals surface area contributed by atoms with Crippen LogP contribution in [0.3, 0.4) is 0 Å². The normalized spacial score (nSPS) is 12.1. The molecule has 32 heavy (non-hydrogen) atoms. The fraction of sp³-hybridized carbons (Fsp3) is 0.208. The van der Waals surface area contributed by atoms with Crippen molar-refractivity contribution < 1.29 is 17.9 Å². The van der Waals surface area contributed by atoms with Crippen LogP contribution in [-0.4, -0.2) is 20.9 Å². The number of hydrogen-bond acceptors (Lipinski definition) is 4. The van der Waals surface area contributed by atoms with Gasteiger partial charge in [0.2, 0.25) is 0 Å². The fourth-order valence-electron chi connectivity index (χ4n) is 3.06. The molecule has 0 saturated carbocycles. The van der Waals surface area contributed by atoms with E-state index < -0.39 is 15.9 Å². The Labute approximate surface area is 193 Å². The Balaban J connectivity index is 1.77.